The molecule has 0 aliphatic carbocycles. The maximum Gasteiger partial charge on any atom is 1.00 e. The van der Waals surface area contributed by atoms with E-state index >= 15 is 0 Å². The van der Waals surface area contributed by atoms with E-state index in [4.69, 9.17) is 0 Å². The second-order valence-electron chi connectivity index (χ2n) is 15.2. The summed E-state index contributed by atoms with van der Waals surface area (Å²) in [6, 6.07) is -0.158. The van der Waals surface area contributed by atoms with Gasteiger partial charge >= 0.3 is 177 Å². The molecule has 0 aromatic carbocycles. The Balaban J connectivity index is -0.000000540. The van der Waals surface area contributed by atoms with Crippen molar-refractivity contribution >= 4 is 42.4 Å². The molecule has 17 nitrogen and oxygen atoms in total. The minimum absolute atomic E-state index is 0. The largest absolute Gasteiger partial charge is 1.00 e. The van der Waals surface area contributed by atoms with E-state index in [2.05, 4.69) is 17.6 Å². The van der Waals surface area contributed by atoms with Crippen LogP contribution in [-0.2, 0) is 33.6 Å². The maximum atomic E-state index is 12.4. The van der Waals surface area contributed by atoms with Gasteiger partial charge < -0.3 is 75.9 Å². The fourth-order valence-corrected chi connectivity index (χ4v) is 7.02. The van der Waals surface area contributed by atoms with Crippen molar-refractivity contribution in [3.05, 3.63) is 0 Å². The Bertz CT molecular complexity index is 1110. The van der Waals surface area contributed by atoms with Crippen molar-refractivity contribution in [2.45, 2.75) is 167 Å². The van der Waals surface area contributed by atoms with Gasteiger partial charge in [0.1, 0.15) is 0 Å². The molecule has 0 saturated carbocycles. The van der Waals surface area contributed by atoms with Gasteiger partial charge in [-0.15, -0.1) is 0 Å². The number of carbonyl (C=O) groups excluding carboxylic acids is 7. The molecular weight excluding hydrogens is 896 g/mol. The van der Waals surface area contributed by atoms with E-state index in [-0.39, 0.29) is 257 Å². The molecule has 1 amide bonds. The molecule has 0 aliphatic heterocycles. The molecule has 0 radical (unpaired) electrons. The number of amides is 1. The van der Waals surface area contributed by atoms with Gasteiger partial charge in [0, 0.05) is 44.0 Å². The van der Waals surface area contributed by atoms with Crippen LogP contribution in [-0.4, -0.2) is 108 Å². The summed E-state index contributed by atoms with van der Waals surface area (Å²) in [5.74, 6) is -6.43. The number of unbranched alkanes of at least 4 members (excludes halogenated alkanes) is 9. The SMILES string of the molecule is CCCCCCCCC(O)C(CCCCCCCC(=O)NCCC(CCN(CC(=O)[O-])CC(=O)[O-])CC(=O)[O-])NCCC(CCC(C[C-]=O)C[C-]=O)CC(=O)[O-].[Na+].[Na+].[Na+].[Na+].[Na+].[Na+].[OH-].[OH-]. The summed E-state index contributed by atoms with van der Waals surface area (Å²) < 4.78 is 0. The van der Waals surface area contributed by atoms with Crippen molar-refractivity contribution in [2.24, 2.45) is 17.8 Å². The summed E-state index contributed by atoms with van der Waals surface area (Å²) in [6.07, 6.45) is 17.4. The zero-order chi connectivity index (χ0) is 42.0. The number of hydrogen-bond donors (Lipinski definition) is 3. The summed E-state index contributed by atoms with van der Waals surface area (Å²) in [7, 11) is 0. The standard InChI is InChI=1S/C41H71N3O12.6Na.2H2O/c1-2-3-4-5-8-11-14-36(47)35(42-23-18-33(28-38(49)50)17-16-32(21-26-45)22-27-46)13-10-7-6-9-12-15-37(48)43-24-19-34(29-39(51)52)20-25-44(30-40(53)54)31-41(55)56;;;;;;;;/h32-36,42,47H,2-25,28-31H2,1H3,(H,43,48)(H,49,50)(H,51,52)(H,53,54)(H,55,56);;;;;;;2*1H2/q-2;6*+1;;/p-6. The van der Waals surface area contributed by atoms with E-state index in [0.29, 0.717) is 51.5 Å². The minimum Gasteiger partial charge on any atom is -0.870 e. The molecular formula is C41H69N3Na6O14-2. The van der Waals surface area contributed by atoms with Crippen LogP contribution in [0.3, 0.4) is 0 Å². The molecule has 0 saturated heterocycles. The number of aliphatic hydroxyl groups is 1. The Kier molecular flexibility index (Phi) is 80.6. The number of carbonyl (C=O) groups is 5. The number of nitrogens with zero attached hydrogens (tertiary/aromatic N) is 1. The average Bonchev–Trinajstić information content (AvgIpc) is 3.11. The van der Waals surface area contributed by atoms with E-state index in [1.807, 2.05) is 12.6 Å². The van der Waals surface area contributed by atoms with Gasteiger partial charge in [-0.2, -0.15) is 12.8 Å². The van der Waals surface area contributed by atoms with Gasteiger partial charge in [0.25, 0.3) is 0 Å². The second kappa shape index (κ2) is 59.8. The molecule has 0 heterocycles. The fourth-order valence-electron chi connectivity index (χ4n) is 7.02. The molecule has 0 spiro atoms. The van der Waals surface area contributed by atoms with Gasteiger partial charge in [-0.05, 0) is 82.7 Å². The first kappa shape index (κ1) is 86.3. The summed E-state index contributed by atoms with van der Waals surface area (Å²) >= 11 is 0. The van der Waals surface area contributed by atoms with Crippen molar-refractivity contribution < 1.29 is 247 Å². The van der Waals surface area contributed by atoms with E-state index in [1.54, 1.807) is 0 Å². The third kappa shape index (κ3) is 55.4. The number of aliphatic carboxylic acids is 4. The molecule has 4 atom stereocenters. The molecule has 64 heavy (non-hydrogen) atoms. The molecule has 0 aliphatic rings. The molecule has 0 aromatic heterocycles. The van der Waals surface area contributed by atoms with Crippen molar-refractivity contribution in [1.29, 1.82) is 0 Å². The Labute approximate surface area is 515 Å². The third-order valence-electron chi connectivity index (χ3n) is 10.3. The summed E-state index contributed by atoms with van der Waals surface area (Å²) in [5, 5.41) is 61.8. The molecule has 340 valence electrons. The van der Waals surface area contributed by atoms with Gasteiger partial charge in [-0.3, -0.25) is 22.3 Å². The van der Waals surface area contributed by atoms with Crippen LogP contribution in [0.25, 0.3) is 0 Å². The van der Waals surface area contributed by atoms with Gasteiger partial charge in [0.05, 0.1) is 18.0 Å². The molecule has 0 aromatic rings. The van der Waals surface area contributed by atoms with Crippen molar-refractivity contribution in [3.63, 3.8) is 0 Å². The smallest absolute Gasteiger partial charge is 0.870 e. The topological polar surface area (TPSA) is 319 Å². The number of carboxylic acids is 4. The quantitative estimate of drug-likeness (QED) is 0.0291. The van der Waals surface area contributed by atoms with E-state index < -0.39 is 49.0 Å². The number of carboxylic acid groups (broad SMARTS) is 4. The molecule has 23 heteroatoms. The molecule has 5 N–H and O–H groups in total. The number of hydrogen-bond acceptors (Lipinski definition) is 16. The number of aliphatic hydroxyl groups excluding tert-OH is 1. The first-order chi connectivity index (χ1) is 26.8. The summed E-state index contributed by atoms with van der Waals surface area (Å²) in [5.41, 5.74) is 0. The van der Waals surface area contributed by atoms with Gasteiger partial charge in [0.2, 0.25) is 5.91 Å². The van der Waals surface area contributed by atoms with Crippen molar-refractivity contribution in [3.8, 4) is 0 Å². The third-order valence-corrected chi connectivity index (χ3v) is 10.3. The average molecular weight is 966 g/mol. The van der Waals surface area contributed by atoms with Crippen LogP contribution in [0.2, 0.25) is 0 Å². The van der Waals surface area contributed by atoms with Crippen LogP contribution >= 0.6 is 0 Å². The number of rotatable bonds is 41. The van der Waals surface area contributed by atoms with E-state index in [1.165, 1.54) is 12.8 Å². The van der Waals surface area contributed by atoms with Gasteiger partial charge in [-0.1, -0.05) is 83.5 Å². The molecule has 0 fully saturated rings. The normalized spacial score (nSPS) is 11.9. The molecule has 4 unspecified atom stereocenters. The van der Waals surface area contributed by atoms with Gasteiger partial charge in [-0.25, -0.2) is 0 Å². The minimum atomic E-state index is -1.46. The predicted molar refractivity (Wildman–Crippen MR) is 205 cm³/mol. The zero-order valence-corrected chi connectivity index (χ0v) is 52.5. The van der Waals surface area contributed by atoms with Crippen molar-refractivity contribution in [1.82, 2.24) is 15.5 Å². The van der Waals surface area contributed by atoms with E-state index in [9.17, 15) is 59.1 Å². The Morgan fingerprint density at radius 3 is 1.47 bits per heavy atom. The summed E-state index contributed by atoms with van der Waals surface area (Å²) in [6.45, 7) is 1.62. The first-order valence-electron chi connectivity index (χ1n) is 20.7. The predicted octanol–water partition coefficient (Wildman–Crippen LogP) is -18.5. The van der Waals surface area contributed by atoms with Crippen LogP contribution < -0.4 is 208 Å². The van der Waals surface area contributed by atoms with Gasteiger partial charge in [0.15, 0.2) is 0 Å². The van der Waals surface area contributed by atoms with Crippen LogP contribution in [0.15, 0.2) is 0 Å². The second-order valence-corrected chi connectivity index (χ2v) is 15.2. The molecule has 0 bridgehead atoms. The molecule has 0 rings (SSSR count). The fraction of sp³-hybridized carbons (Fsp3) is 0.829. The zero-order valence-electron chi connectivity index (χ0n) is 40.5. The van der Waals surface area contributed by atoms with Crippen LogP contribution in [0.1, 0.15) is 155 Å². The Morgan fingerprint density at radius 2 is 0.984 bits per heavy atom. The Morgan fingerprint density at radius 1 is 0.547 bits per heavy atom. The van der Waals surface area contributed by atoms with Crippen molar-refractivity contribution in [2.75, 3.05) is 32.7 Å². The number of nitrogens with one attached hydrogen (secondary N) is 2. The maximum absolute atomic E-state index is 12.4. The van der Waals surface area contributed by atoms with Crippen LogP contribution in [0.5, 0.6) is 0 Å². The van der Waals surface area contributed by atoms with E-state index in [0.717, 1.165) is 62.7 Å². The first-order valence-corrected chi connectivity index (χ1v) is 20.7. The van der Waals surface area contributed by atoms with Crippen LogP contribution in [0, 0.1) is 17.8 Å². The Hall–Kier alpha value is 2.49. The van der Waals surface area contributed by atoms with Crippen LogP contribution in [0.4, 0.5) is 0 Å². The monoisotopic (exact) mass is 965 g/mol. The summed E-state index contributed by atoms with van der Waals surface area (Å²) in [4.78, 5) is 79.7.